The molecule has 0 aliphatic heterocycles. The topological polar surface area (TPSA) is 43.3 Å². The monoisotopic (exact) mass is 239 g/mol. The van der Waals surface area contributed by atoms with Gasteiger partial charge in [-0.3, -0.25) is 4.40 Å². The minimum Gasteiger partial charge on any atom is -0.325 e. The second-order valence-corrected chi connectivity index (χ2v) is 3.69. The molecule has 0 bridgehead atoms. The first kappa shape index (κ1) is 8.72. The summed E-state index contributed by atoms with van der Waals surface area (Å²) in [6, 6.07) is 5.99. The Morgan fingerprint density at radius 3 is 3.00 bits per heavy atom. The molecule has 13 heavy (non-hydrogen) atoms. The number of halogens is 1. The molecule has 0 saturated heterocycles. The van der Waals surface area contributed by atoms with Gasteiger partial charge in [0.25, 0.3) is 0 Å². The van der Waals surface area contributed by atoms with E-state index in [0.717, 1.165) is 21.6 Å². The molecule has 2 aromatic rings. The summed E-state index contributed by atoms with van der Waals surface area (Å²) in [6.07, 6.45) is 0. The molecule has 3 nitrogen and oxygen atoms in total. The highest BCUT2D eigenvalue weighted by atomic mass is 79.9. The number of fused-ring (bicyclic) bond motifs is 1. The van der Waals surface area contributed by atoms with Gasteiger partial charge in [0.15, 0.2) is 0 Å². The summed E-state index contributed by atoms with van der Waals surface area (Å²) in [6.45, 7) is 2.45. The molecule has 0 atom stereocenters. The molecule has 0 unspecified atom stereocenters. The van der Waals surface area contributed by atoms with E-state index in [2.05, 4.69) is 20.9 Å². The zero-order valence-corrected chi connectivity index (χ0v) is 8.87. The molecule has 0 amide bonds. The second kappa shape index (κ2) is 3.12. The van der Waals surface area contributed by atoms with Gasteiger partial charge in [0.05, 0.1) is 15.8 Å². The third kappa shape index (κ3) is 1.26. The lowest BCUT2D eigenvalue weighted by molar-refractivity contribution is 0.984. The van der Waals surface area contributed by atoms with E-state index < -0.39 is 0 Å². The van der Waals surface area contributed by atoms with Crippen LogP contribution in [-0.2, 0) is 6.54 Å². The Hall–Kier alpha value is -0.870. The Balaban J connectivity index is 2.87. The van der Waals surface area contributed by atoms with Crippen molar-refractivity contribution in [3.05, 3.63) is 34.3 Å². The van der Waals surface area contributed by atoms with Crippen LogP contribution in [-0.4, -0.2) is 9.38 Å². The van der Waals surface area contributed by atoms with Gasteiger partial charge in [0.2, 0.25) is 0 Å². The van der Waals surface area contributed by atoms with E-state index in [9.17, 15) is 0 Å². The molecule has 0 aliphatic carbocycles. The van der Waals surface area contributed by atoms with Crippen molar-refractivity contribution in [2.75, 3.05) is 0 Å². The Labute approximate surface area is 84.7 Å². The lowest BCUT2D eigenvalue weighted by atomic mass is 10.3. The maximum absolute atomic E-state index is 5.59. The molecule has 0 radical (unpaired) electrons. The number of imidazole rings is 1. The normalized spacial score (nSPS) is 11.0. The van der Waals surface area contributed by atoms with Gasteiger partial charge in [-0.15, -0.1) is 0 Å². The summed E-state index contributed by atoms with van der Waals surface area (Å²) in [5.74, 6) is 0.961. The largest absolute Gasteiger partial charge is 0.325 e. The van der Waals surface area contributed by atoms with Crippen LogP contribution in [0.5, 0.6) is 0 Å². The summed E-state index contributed by atoms with van der Waals surface area (Å²) in [7, 11) is 0. The molecule has 0 fully saturated rings. The Kier molecular flexibility index (Phi) is 2.09. The van der Waals surface area contributed by atoms with E-state index in [1.807, 2.05) is 29.5 Å². The lowest BCUT2D eigenvalue weighted by Gasteiger charge is -1.99. The van der Waals surface area contributed by atoms with E-state index in [-0.39, 0.29) is 0 Å². The van der Waals surface area contributed by atoms with Crippen LogP contribution in [0, 0.1) is 6.92 Å². The van der Waals surface area contributed by atoms with Crippen molar-refractivity contribution in [3.8, 4) is 0 Å². The smallest absolute Gasteiger partial charge is 0.111 e. The molecule has 0 aromatic carbocycles. The summed E-state index contributed by atoms with van der Waals surface area (Å²) in [5.41, 5.74) is 7.61. The van der Waals surface area contributed by atoms with Crippen molar-refractivity contribution in [1.29, 1.82) is 0 Å². The van der Waals surface area contributed by atoms with Crippen molar-refractivity contribution in [3.63, 3.8) is 0 Å². The predicted octanol–water partition coefficient (Wildman–Crippen LogP) is 1.86. The molecular weight excluding hydrogens is 230 g/mol. The first-order valence-corrected chi connectivity index (χ1v) is 4.86. The number of aromatic nitrogens is 2. The first-order valence-electron chi connectivity index (χ1n) is 4.06. The maximum Gasteiger partial charge on any atom is 0.111 e. The van der Waals surface area contributed by atoms with Crippen molar-refractivity contribution < 1.29 is 0 Å². The molecule has 2 rings (SSSR count). The fraction of sp³-hybridized carbons (Fsp3) is 0.222. The Morgan fingerprint density at radius 2 is 2.31 bits per heavy atom. The van der Waals surface area contributed by atoms with Crippen LogP contribution in [0.1, 0.15) is 11.5 Å². The third-order valence-electron chi connectivity index (χ3n) is 2.05. The summed E-state index contributed by atoms with van der Waals surface area (Å²) in [5, 5.41) is 0. The number of pyridine rings is 1. The summed E-state index contributed by atoms with van der Waals surface area (Å²) < 4.78 is 3.05. The van der Waals surface area contributed by atoms with E-state index in [0.29, 0.717) is 6.54 Å². The predicted molar refractivity (Wildman–Crippen MR) is 55.5 cm³/mol. The van der Waals surface area contributed by atoms with Crippen molar-refractivity contribution in [2.45, 2.75) is 13.5 Å². The molecule has 2 heterocycles. The van der Waals surface area contributed by atoms with Crippen molar-refractivity contribution >= 4 is 21.4 Å². The molecule has 2 aromatic heterocycles. The van der Waals surface area contributed by atoms with Crippen LogP contribution >= 0.6 is 15.9 Å². The average molecular weight is 240 g/mol. The summed E-state index contributed by atoms with van der Waals surface area (Å²) >= 11 is 3.47. The zero-order chi connectivity index (χ0) is 9.42. The van der Waals surface area contributed by atoms with Crippen LogP contribution in [0.3, 0.4) is 0 Å². The highest BCUT2D eigenvalue weighted by molar-refractivity contribution is 9.10. The van der Waals surface area contributed by atoms with Gasteiger partial charge in [-0.2, -0.15) is 0 Å². The van der Waals surface area contributed by atoms with E-state index in [4.69, 9.17) is 5.73 Å². The first-order chi connectivity index (χ1) is 6.24. The molecule has 68 valence electrons. The molecule has 0 saturated carbocycles. The van der Waals surface area contributed by atoms with Gasteiger partial charge < -0.3 is 5.73 Å². The highest BCUT2D eigenvalue weighted by Gasteiger charge is 2.07. The molecule has 2 N–H and O–H groups in total. The number of aryl methyl sites for hydroxylation is 1. The van der Waals surface area contributed by atoms with Crippen LogP contribution in [0.2, 0.25) is 0 Å². The van der Waals surface area contributed by atoms with Crippen LogP contribution in [0.25, 0.3) is 5.52 Å². The minimum absolute atomic E-state index is 0.480. The standard InChI is InChI=1S/C9H10BrN3/c1-6-12-7(5-11)8-3-2-4-9(10)13(6)8/h2-4H,5,11H2,1H3. The van der Waals surface area contributed by atoms with Crippen molar-refractivity contribution in [1.82, 2.24) is 9.38 Å². The van der Waals surface area contributed by atoms with Gasteiger partial charge in [-0.05, 0) is 35.0 Å². The SMILES string of the molecule is Cc1nc(CN)c2cccc(Br)n12. The molecule has 0 spiro atoms. The third-order valence-corrected chi connectivity index (χ3v) is 2.67. The van der Waals surface area contributed by atoms with Crippen molar-refractivity contribution in [2.24, 2.45) is 5.73 Å². The number of nitrogens with zero attached hydrogens (tertiary/aromatic N) is 2. The number of rotatable bonds is 1. The average Bonchev–Trinajstić information content (AvgIpc) is 2.44. The maximum atomic E-state index is 5.59. The fourth-order valence-electron chi connectivity index (χ4n) is 1.49. The van der Waals surface area contributed by atoms with Crippen LogP contribution in [0.4, 0.5) is 0 Å². The van der Waals surface area contributed by atoms with Crippen LogP contribution < -0.4 is 5.73 Å². The van der Waals surface area contributed by atoms with Gasteiger partial charge in [-0.25, -0.2) is 4.98 Å². The van der Waals surface area contributed by atoms with Gasteiger partial charge in [-0.1, -0.05) is 6.07 Å². The van der Waals surface area contributed by atoms with Crippen LogP contribution in [0.15, 0.2) is 22.8 Å². The number of nitrogens with two attached hydrogens (primary N) is 1. The number of hydrogen-bond donors (Lipinski definition) is 1. The zero-order valence-electron chi connectivity index (χ0n) is 7.29. The van der Waals surface area contributed by atoms with Gasteiger partial charge >= 0.3 is 0 Å². The highest BCUT2D eigenvalue weighted by Crippen LogP contribution is 2.18. The van der Waals surface area contributed by atoms with Gasteiger partial charge in [0, 0.05) is 6.54 Å². The molecular formula is C9H10BrN3. The van der Waals surface area contributed by atoms with Gasteiger partial charge in [0.1, 0.15) is 5.82 Å². The Bertz CT molecular complexity index is 447. The van der Waals surface area contributed by atoms with E-state index in [1.165, 1.54) is 0 Å². The quantitative estimate of drug-likeness (QED) is 0.773. The molecule has 0 aliphatic rings. The minimum atomic E-state index is 0.480. The summed E-state index contributed by atoms with van der Waals surface area (Å²) in [4.78, 5) is 4.38. The molecule has 4 heteroatoms. The Morgan fingerprint density at radius 1 is 1.54 bits per heavy atom. The van der Waals surface area contributed by atoms with E-state index >= 15 is 0 Å². The number of hydrogen-bond acceptors (Lipinski definition) is 2. The fourth-order valence-corrected chi connectivity index (χ4v) is 2.09. The second-order valence-electron chi connectivity index (χ2n) is 2.88. The lowest BCUT2D eigenvalue weighted by Crippen LogP contribution is -1.97. The van der Waals surface area contributed by atoms with E-state index in [1.54, 1.807) is 0 Å².